The molecule has 2 heterocycles. The lowest BCUT2D eigenvalue weighted by Crippen LogP contribution is -2.28. The van der Waals surface area contributed by atoms with E-state index in [1.165, 1.54) is 35.6 Å². The van der Waals surface area contributed by atoms with Crippen LogP contribution in [-0.2, 0) is 11.3 Å². The van der Waals surface area contributed by atoms with Gasteiger partial charge in [-0.1, -0.05) is 0 Å². The predicted octanol–water partition coefficient (Wildman–Crippen LogP) is 3.73. The molecule has 25 heavy (non-hydrogen) atoms. The highest BCUT2D eigenvalue weighted by atomic mass is 32.1. The normalized spacial score (nSPS) is 11.9. The molecule has 0 bridgehead atoms. The maximum atomic E-state index is 12.8. The monoisotopic (exact) mass is 377 g/mol. The molecule has 0 saturated carbocycles. The van der Waals surface area contributed by atoms with Crippen LogP contribution in [0.4, 0.5) is 4.39 Å². The molecule has 0 saturated heterocycles. The van der Waals surface area contributed by atoms with Gasteiger partial charge in [0.25, 0.3) is 5.91 Å². The van der Waals surface area contributed by atoms with E-state index in [1.54, 1.807) is 11.3 Å². The Morgan fingerprint density at radius 1 is 1.20 bits per heavy atom. The zero-order valence-corrected chi connectivity index (χ0v) is 14.8. The van der Waals surface area contributed by atoms with E-state index in [0.717, 1.165) is 15.3 Å². The lowest BCUT2D eigenvalue weighted by Gasteiger charge is -2.07. The summed E-state index contributed by atoms with van der Waals surface area (Å²) in [7, 11) is 0. The second-order valence-corrected chi connectivity index (χ2v) is 7.26. The van der Waals surface area contributed by atoms with Gasteiger partial charge in [-0.05, 0) is 58.8 Å². The molecule has 0 fully saturated rings. The van der Waals surface area contributed by atoms with E-state index >= 15 is 0 Å². The molecule has 3 rings (SSSR count). The van der Waals surface area contributed by atoms with Crippen LogP contribution in [0.15, 0.2) is 53.2 Å². The smallest absolute Gasteiger partial charge is 0.258 e. The van der Waals surface area contributed by atoms with Gasteiger partial charge in [0.2, 0.25) is 0 Å². The lowest BCUT2D eigenvalue weighted by molar-refractivity contribution is -0.123. The number of benzene rings is 1. The summed E-state index contributed by atoms with van der Waals surface area (Å²) in [5.41, 5.74) is 0.870. The molecule has 0 aliphatic heterocycles. The number of ether oxygens (including phenoxy) is 1. The number of hydrogen-bond acceptors (Lipinski definition) is 5. The highest BCUT2D eigenvalue weighted by molar-refractivity contribution is 7.12. The first-order valence-corrected chi connectivity index (χ1v) is 9.31. The summed E-state index contributed by atoms with van der Waals surface area (Å²) >= 11 is 3.00. The molecule has 0 aliphatic rings. The molecule has 4 nitrogen and oxygen atoms in total. The number of nitrogens with one attached hydrogen (secondary N) is 1. The molecule has 1 amide bonds. The zero-order valence-electron chi connectivity index (χ0n) is 13.1. The van der Waals surface area contributed by atoms with Crippen LogP contribution in [0.2, 0.25) is 0 Å². The zero-order chi connectivity index (χ0) is 17.6. The number of amides is 1. The van der Waals surface area contributed by atoms with Crippen LogP contribution in [0, 0.1) is 5.82 Å². The first-order valence-electron chi connectivity index (χ1n) is 7.55. The first-order chi connectivity index (χ1) is 12.1. The van der Waals surface area contributed by atoms with Crippen molar-refractivity contribution < 1.29 is 19.0 Å². The number of hydrogen-bond donors (Lipinski definition) is 2. The summed E-state index contributed by atoms with van der Waals surface area (Å²) in [5.74, 6) is -0.179. The minimum absolute atomic E-state index is 0.138. The second kappa shape index (κ2) is 8.24. The fourth-order valence-corrected chi connectivity index (χ4v) is 3.79. The van der Waals surface area contributed by atoms with E-state index in [2.05, 4.69) is 5.32 Å². The van der Waals surface area contributed by atoms with Crippen LogP contribution in [0.3, 0.4) is 0 Å². The van der Waals surface area contributed by atoms with Gasteiger partial charge in [-0.3, -0.25) is 4.79 Å². The summed E-state index contributed by atoms with van der Waals surface area (Å²) in [4.78, 5) is 13.6. The molecule has 1 atom stereocenters. The van der Waals surface area contributed by atoms with Gasteiger partial charge in [0.15, 0.2) is 6.61 Å². The third-order valence-electron chi connectivity index (χ3n) is 3.45. The van der Waals surface area contributed by atoms with Gasteiger partial charge in [0.1, 0.15) is 17.7 Å². The molecular formula is C18H16FNO3S2. The van der Waals surface area contributed by atoms with Gasteiger partial charge in [-0.2, -0.15) is 11.3 Å². The maximum absolute atomic E-state index is 12.8. The van der Waals surface area contributed by atoms with Crippen LogP contribution in [0.25, 0.3) is 0 Å². The van der Waals surface area contributed by atoms with Crippen LogP contribution < -0.4 is 10.1 Å². The molecule has 0 radical (unpaired) electrons. The summed E-state index contributed by atoms with van der Waals surface area (Å²) in [5, 5.41) is 16.9. The van der Waals surface area contributed by atoms with E-state index in [1.807, 2.05) is 29.0 Å². The van der Waals surface area contributed by atoms with Gasteiger partial charge < -0.3 is 15.2 Å². The molecule has 3 aromatic rings. The van der Waals surface area contributed by atoms with Gasteiger partial charge in [-0.15, -0.1) is 11.3 Å². The quantitative estimate of drug-likeness (QED) is 0.660. The van der Waals surface area contributed by atoms with E-state index in [4.69, 9.17) is 4.74 Å². The molecule has 2 aromatic heterocycles. The average Bonchev–Trinajstić information content (AvgIpc) is 3.30. The summed E-state index contributed by atoms with van der Waals surface area (Å²) < 4.78 is 18.1. The van der Waals surface area contributed by atoms with Crippen molar-refractivity contribution in [2.75, 3.05) is 6.61 Å². The molecule has 2 N–H and O–H groups in total. The van der Waals surface area contributed by atoms with Crippen molar-refractivity contribution in [1.82, 2.24) is 5.32 Å². The van der Waals surface area contributed by atoms with Gasteiger partial charge in [0.05, 0.1) is 6.54 Å². The fourth-order valence-electron chi connectivity index (χ4n) is 2.15. The minimum atomic E-state index is -0.637. The Morgan fingerprint density at radius 2 is 2.00 bits per heavy atom. The summed E-state index contributed by atoms with van der Waals surface area (Å²) in [6.45, 7) is 0.230. The summed E-state index contributed by atoms with van der Waals surface area (Å²) in [6, 6.07) is 11.1. The van der Waals surface area contributed by atoms with Crippen molar-refractivity contribution >= 4 is 28.6 Å². The number of carbonyl (C=O) groups is 1. The van der Waals surface area contributed by atoms with Crippen molar-refractivity contribution in [2.45, 2.75) is 12.6 Å². The number of carbonyl (C=O) groups excluding carboxylic acids is 1. The van der Waals surface area contributed by atoms with E-state index in [9.17, 15) is 14.3 Å². The second-order valence-electron chi connectivity index (χ2n) is 5.28. The average molecular weight is 377 g/mol. The van der Waals surface area contributed by atoms with Crippen LogP contribution in [0.1, 0.15) is 21.4 Å². The van der Waals surface area contributed by atoms with Crippen LogP contribution in [0.5, 0.6) is 5.75 Å². The minimum Gasteiger partial charge on any atom is -0.484 e. The Hall–Kier alpha value is -2.22. The third-order valence-corrected chi connectivity index (χ3v) is 5.29. The molecule has 0 aliphatic carbocycles. The Labute approximate surface area is 152 Å². The molecule has 130 valence electrons. The lowest BCUT2D eigenvalue weighted by atomic mass is 10.2. The Morgan fingerprint density at radius 3 is 2.72 bits per heavy atom. The number of aliphatic hydroxyl groups excluding tert-OH is 1. The topological polar surface area (TPSA) is 58.6 Å². The summed E-state index contributed by atoms with van der Waals surface area (Å²) in [6.07, 6.45) is -0.637. The van der Waals surface area contributed by atoms with Gasteiger partial charge in [-0.25, -0.2) is 4.39 Å². The number of rotatable bonds is 7. The van der Waals surface area contributed by atoms with E-state index < -0.39 is 6.10 Å². The molecular weight excluding hydrogens is 361 g/mol. The molecule has 1 unspecified atom stereocenters. The van der Waals surface area contributed by atoms with Crippen molar-refractivity contribution in [1.29, 1.82) is 0 Å². The van der Waals surface area contributed by atoms with Crippen LogP contribution in [-0.4, -0.2) is 17.6 Å². The first kappa shape index (κ1) is 17.6. The van der Waals surface area contributed by atoms with Crippen molar-refractivity contribution in [3.63, 3.8) is 0 Å². The number of thiophene rings is 2. The number of halogens is 1. The predicted molar refractivity (Wildman–Crippen MR) is 96.4 cm³/mol. The van der Waals surface area contributed by atoms with E-state index in [-0.39, 0.29) is 18.3 Å². The molecule has 1 aromatic carbocycles. The molecule has 0 spiro atoms. The Bertz CT molecular complexity index is 815. The molecule has 7 heteroatoms. The highest BCUT2D eigenvalue weighted by Gasteiger charge is 2.13. The largest absolute Gasteiger partial charge is 0.484 e. The Balaban J connectivity index is 1.47. The third kappa shape index (κ3) is 4.88. The van der Waals surface area contributed by atoms with Gasteiger partial charge in [0, 0.05) is 9.75 Å². The standard InChI is InChI=1S/C18H16FNO3S2/c19-13-1-3-14(4-2-13)23-10-17(21)20-9-15-5-6-16(25-15)18(22)12-7-8-24-11-12/h1-8,11,18,22H,9-10H2,(H,20,21). The SMILES string of the molecule is O=C(COc1ccc(F)cc1)NCc1ccc(C(O)c2ccsc2)s1. The Kier molecular flexibility index (Phi) is 5.80. The van der Waals surface area contributed by atoms with Gasteiger partial charge >= 0.3 is 0 Å². The highest BCUT2D eigenvalue weighted by Crippen LogP contribution is 2.29. The van der Waals surface area contributed by atoms with Crippen molar-refractivity contribution in [2.24, 2.45) is 0 Å². The van der Waals surface area contributed by atoms with Crippen molar-refractivity contribution in [3.8, 4) is 5.75 Å². The van der Waals surface area contributed by atoms with Crippen LogP contribution >= 0.6 is 22.7 Å². The fraction of sp³-hybridized carbons (Fsp3) is 0.167. The maximum Gasteiger partial charge on any atom is 0.258 e. The number of aliphatic hydroxyl groups is 1. The van der Waals surface area contributed by atoms with E-state index in [0.29, 0.717) is 12.3 Å². The van der Waals surface area contributed by atoms with Crippen molar-refractivity contribution in [3.05, 3.63) is 74.4 Å².